The van der Waals surface area contributed by atoms with Gasteiger partial charge in [-0.2, -0.15) is 5.26 Å². The van der Waals surface area contributed by atoms with E-state index in [0.717, 1.165) is 12.3 Å². The Balaban J connectivity index is 2.18. The molecule has 0 aromatic heterocycles. The van der Waals surface area contributed by atoms with Crippen LogP contribution in [0.1, 0.15) is 46.5 Å². The molecule has 0 heterocycles. The number of rotatable bonds is 0. The first-order chi connectivity index (χ1) is 7.46. The van der Waals surface area contributed by atoms with Crippen LogP contribution in [0.5, 0.6) is 0 Å². The number of nitrogens with zero attached hydrogens (tertiary/aromatic N) is 1. The standard InChI is InChI=1S/C15H21N/c1-13(2)10-14(3)7-4-8-15(14)11(9-16)5-6-12(13)15/h4,8,11-12H,5-7,10H2,1-3H3/t11-,12-,14-,15-/m1/s1. The van der Waals surface area contributed by atoms with E-state index >= 15 is 0 Å². The zero-order valence-corrected chi connectivity index (χ0v) is 10.6. The summed E-state index contributed by atoms with van der Waals surface area (Å²) in [7, 11) is 0. The molecule has 0 aromatic rings. The number of hydrogen-bond donors (Lipinski definition) is 0. The molecule has 3 aliphatic rings. The van der Waals surface area contributed by atoms with Gasteiger partial charge in [-0.05, 0) is 42.4 Å². The molecule has 86 valence electrons. The number of nitriles is 1. The van der Waals surface area contributed by atoms with Crippen molar-refractivity contribution in [2.24, 2.45) is 28.1 Å². The molecule has 0 saturated heterocycles. The van der Waals surface area contributed by atoms with Gasteiger partial charge in [-0.3, -0.25) is 0 Å². The lowest BCUT2D eigenvalue weighted by molar-refractivity contribution is 0.110. The van der Waals surface area contributed by atoms with Gasteiger partial charge in [0.1, 0.15) is 0 Å². The normalized spacial score (nSPS) is 52.4. The van der Waals surface area contributed by atoms with Gasteiger partial charge in [0.2, 0.25) is 0 Å². The molecule has 4 atom stereocenters. The Hall–Kier alpha value is -0.770. The fourth-order valence-corrected chi connectivity index (χ4v) is 5.58. The number of allylic oxidation sites excluding steroid dienone is 2. The SMILES string of the molecule is CC1(C)C[C@@]2(C)CC=C[C@@]23[C@@H]1CC[C@@H]3C#N. The minimum absolute atomic E-state index is 0.214. The molecule has 16 heavy (non-hydrogen) atoms. The van der Waals surface area contributed by atoms with Gasteiger partial charge in [-0.1, -0.05) is 32.9 Å². The molecule has 0 radical (unpaired) electrons. The van der Waals surface area contributed by atoms with Crippen molar-refractivity contribution in [1.29, 1.82) is 5.26 Å². The zero-order valence-electron chi connectivity index (χ0n) is 10.6. The van der Waals surface area contributed by atoms with Crippen LogP contribution < -0.4 is 0 Å². The van der Waals surface area contributed by atoms with Gasteiger partial charge in [0.25, 0.3) is 0 Å². The van der Waals surface area contributed by atoms with E-state index < -0.39 is 0 Å². The lowest BCUT2D eigenvalue weighted by atomic mass is 9.62. The summed E-state index contributed by atoms with van der Waals surface area (Å²) in [5, 5.41) is 9.46. The Morgan fingerprint density at radius 2 is 2.00 bits per heavy atom. The summed E-state index contributed by atoms with van der Waals surface area (Å²) in [5.74, 6) is 0.997. The second-order valence-electron chi connectivity index (χ2n) is 7.08. The maximum atomic E-state index is 9.46. The molecule has 3 rings (SSSR count). The highest BCUT2D eigenvalue weighted by molar-refractivity contribution is 5.31. The molecule has 0 aliphatic heterocycles. The van der Waals surface area contributed by atoms with Gasteiger partial charge in [0.15, 0.2) is 0 Å². The molecule has 0 N–H and O–H groups in total. The lowest BCUT2D eigenvalue weighted by Gasteiger charge is -2.40. The summed E-state index contributed by atoms with van der Waals surface area (Å²) in [4.78, 5) is 0. The molecule has 1 nitrogen and oxygen atoms in total. The van der Waals surface area contributed by atoms with E-state index in [2.05, 4.69) is 39.0 Å². The predicted molar refractivity (Wildman–Crippen MR) is 64.5 cm³/mol. The molecule has 1 spiro atoms. The predicted octanol–water partition coefficient (Wildman–Crippen LogP) is 3.92. The minimum Gasteiger partial charge on any atom is -0.198 e. The van der Waals surface area contributed by atoms with Crippen molar-refractivity contribution in [2.45, 2.75) is 46.5 Å². The van der Waals surface area contributed by atoms with Crippen LogP contribution in [0.4, 0.5) is 0 Å². The van der Waals surface area contributed by atoms with E-state index in [0.29, 0.717) is 10.8 Å². The Morgan fingerprint density at radius 3 is 2.69 bits per heavy atom. The van der Waals surface area contributed by atoms with Crippen LogP contribution in [0.2, 0.25) is 0 Å². The molecule has 2 saturated carbocycles. The first kappa shape index (κ1) is 10.4. The van der Waals surface area contributed by atoms with Crippen molar-refractivity contribution in [3.05, 3.63) is 12.2 Å². The number of hydrogen-bond acceptors (Lipinski definition) is 1. The summed E-state index contributed by atoms with van der Waals surface area (Å²) in [6.45, 7) is 7.25. The van der Waals surface area contributed by atoms with Gasteiger partial charge < -0.3 is 0 Å². The van der Waals surface area contributed by atoms with Crippen molar-refractivity contribution in [3.63, 3.8) is 0 Å². The second kappa shape index (κ2) is 2.73. The minimum atomic E-state index is 0.214. The Labute approximate surface area is 98.5 Å². The van der Waals surface area contributed by atoms with E-state index in [-0.39, 0.29) is 11.3 Å². The summed E-state index contributed by atoms with van der Waals surface area (Å²) >= 11 is 0. The third-order valence-corrected chi connectivity index (χ3v) is 5.85. The molecule has 1 heteroatoms. The van der Waals surface area contributed by atoms with E-state index in [1.807, 2.05) is 0 Å². The topological polar surface area (TPSA) is 23.8 Å². The van der Waals surface area contributed by atoms with Crippen molar-refractivity contribution >= 4 is 0 Å². The van der Waals surface area contributed by atoms with Gasteiger partial charge in [0, 0.05) is 5.41 Å². The highest BCUT2D eigenvalue weighted by atomic mass is 14.7. The Morgan fingerprint density at radius 1 is 1.25 bits per heavy atom. The largest absolute Gasteiger partial charge is 0.198 e. The van der Waals surface area contributed by atoms with Crippen LogP contribution in [0, 0.1) is 39.4 Å². The van der Waals surface area contributed by atoms with Crippen molar-refractivity contribution in [1.82, 2.24) is 0 Å². The van der Waals surface area contributed by atoms with E-state index in [9.17, 15) is 5.26 Å². The smallest absolute Gasteiger partial charge is 0.0665 e. The van der Waals surface area contributed by atoms with Gasteiger partial charge in [-0.15, -0.1) is 0 Å². The summed E-state index contributed by atoms with van der Waals surface area (Å²) in [6, 6.07) is 2.61. The summed E-state index contributed by atoms with van der Waals surface area (Å²) in [5.41, 5.74) is 0.994. The highest BCUT2D eigenvalue weighted by Crippen LogP contribution is 2.75. The first-order valence-corrected chi connectivity index (χ1v) is 6.54. The van der Waals surface area contributed by atoms with Gasteiger partial charge >= 0.3 is 0 Å². The summed E-state index contributed by atoms with van der Waals surface area (Å²) < 4.78 is 0. The molecule has 0 unspecified atom stereocenters. The Bertz CT molecular complexity index is 400. The third-order valence-electron chi connectivity index (χ3n) is 5.85. The van der Waals surface area contributed by atoms with Crippen molar-refractivity contribution in [2.75, 3.05) is 0 Å². The lowest BCUT2D eigenvalue weighted by Crippen LogP contribution is -2.37. The van der Waals surface area contributed by atoms with Gasteiger partial charge in [-0.25, -0.2) is 0 Å². The van der Waals surface area contributed by atoms with Crippen LogP contribution in [0.25, 0.3) is 0 Å². The fourth-order valence-electron chi connectivity index (χ4n) is 5.58. The molecule has 2 fully saturated rings. The van der Waals surface area contributed by atoms with Crippen LogP contribution >= 0.6 is 0 Å². The monoisotopic (exact) mass is 215 g/mol. The van der Waals surface area contributed by atoms with Crippen LogP contribution in [0.15, 0.2) is 12.2 Å². The quantitative estimate of drug-likeness (QED) is 0.562. The molecule has 0 aromatic carbocycles. The molecular formula is C15H21N. The van der Waals surface area contributed by atoms with Crippen LogP contribution in [-0.4, -0.2) is 0 Å². The fraction of sp³-hybridized carbons (Fsp3) is 0.800. The van der Waals surface area contributed by atoms with Gasteiger partial charge in [0.05, 0.1) is 12.0 Å². The van der Waals surface area contributed by atoms with Crippen LogP contribution in [-0.2, 0) is 0 Å². The Kier molecular flexibility index (Phi) is 1.77. The molecule has 0 bridgehead atoms. The highest BCUT2D eigenvalue weighted by Gasteiger charge is 2.69. The van der Waals surface area contributed by atoms with Crippen LogP contribution in [0.3, 0.4) is 0 Å². The summed E-state index contributed by atoms with van der Waals surface area (Å²) in [6.07, 6.45) is 9.61. The third kappa shape index (κ3) is 0.887. The first-order valence-electron chi connectivity index (χ1n) is 6.54. The van der Waals surface area contributed by atoms with E-state index in [1.54, 1.807) is 0 Å². The average molecular weight is 215 g/mol. The maximum Gasteiger partial charge on any atom is 0.0665 e. The van der Waals surface area contributed by atoms with Crippen molar-refractivity contribution in [3.8, 4) is 6.07 Å². The average Bonchev–Trinajstić information content (AvgIpc) is 2.74. The van der Waals surface area contributed by atoms with E-state index in [1.165, 1.54) is 19.3 Å². The molecule has 3 aliphatic carbocycles. The maximum absolute atomic E-state index is 9.46. The van der Waals surface area contributed by atoms with Crippen molar-refractivity contribution < 1.29 is 0 Å². The molecule has 0 amide bonds. The van der Waals surface area contributed by atoms with E-state index in [4.69, 9.17) is 0 Å². The second-order valence-corrected chi connectivity index (χ2v) is 7.08. The molecular weight excluding hydrogens is 194 g/mol. The zero-order chi connectivity index (χ0) is 11.6.